The molecule has 0 bridgehead atoms. The van der Waals surface area contributed by atoms with Gasteiger partial charge in [-0.3, -0.25) is 10.2 Å². The van der Waals surface area contributed by atoms with Gasteiger partial charge in [-0.25, -0.2) is 10.2 Å². The summed E-state index contributed by atoms with van der Waals surface area (Å²) in [5.74, 6) is 4.96. The van der Waals surface area contributed by atoms with Gasteiger partial charge in [0.05, 0.1) is 9.50 Å². The highest BCUT2D eigenvalue weighted by molar-refractivity contribution is 9.10. The molecule has 3 N–H and O–H groups in total. The number of carbonyl (C=O) groups excluding carboxylic acids is 1. The van der Waals surface area contributed by atoms with Crippen LogP contribution in [0.1, 0.15) is 17.5 Å². The standard InChI is InChI=1S/C16H15BrClFN2O2/c17-13-7-10(4-5-15(22)21-20)8-14(18)16(13)23-9-11-2-1-3-12(19)6-11/h1-3,6-8H,4-5,9,20H2,(H,21,22). The summed E-state index contributed by atoms with van der Waals surface area (Å²) in [6, 6.07) is 9.73. The van der Waals surface area contributed by atoms with Gasteiger partial charge < -0.3 is 4.74 Å². The molecule has 0 aliphatic carbocycles. The summed E-state index contributed by atoms with van der Waals surface area (Å²) in [6.07, 6.45) is 0.772. The molecule has 0 spiro atoms. The van der Waals surface area contributed by atoms with E-state index in [1.165, 1.54) is 12.1 Å². The summed E-state index contributed by atoms with van der Waals surface area (Å²) in [5.41, 5.74) is 3.66. The number of ether oxygens (including phenoxy) is 1. The number of amides is 1. The molecule has 0 heterocycles. The monoisotopic (exact) mass is 400 g/mol. The number of rotatable bonds is 6. The maximum atomic E-state index is 13.2. The van der Waals surface area contributed by atoms with Crippen LogP contribution in [0, 0.1) is 5.82 Å². The summed E-state index contributed by atoms with van der Waals surface area (Å²) >= 11 is 9.63. The number of hydrogen-bond donors (Lipinski definition) is 2. The van der Waals surface area contributed by atoms with Crippen LogP contribution < -0.4 is 16.0 Å². The molecule has 0 fully saturated rings. The van der Waals surface area contributed by atoms with E-state index < -0.39 is 0 Å². The number of nitrogens with one attached hydrogen (secondary N) is 1. The fourth-order valence-electron chi connectivity index (χ4n) is 2.01. The molecule has 0 aliphatic rings. The van der Waals surface area contributed by atoms with Crippen molar-refractivity contribution in [1.82, 2.24) is 5.43 Å². The third-order valence-corrected chi connectivity index (χ3v) is 4.00. The third-order valence-electron chi connectivity index (χ3n) is 3.13. The van der Waals surface area contributed by atoms with E-state index in [4.69, 9.17) is 22.2 Å². The molecule has 0 saturated carbocycles. The topological polar surface area (TPSA) is 64.3 Å². The predicted molar refractivity (Wildman–Crippen MR) is 90.5 cm³/mol. The third kappa shape index (κ3) is 5.20. The molecule has 122 valence electrons. The van der Waals surface area contributed by atoms with Crippen LogP contribution in [0.25, 0.3) is 0 Å². The second kappa shape index (κ2) is 8.29. The van der Waals surface area contributed by atoms with Crippen molar-refractivity contribution in [3.63, 3.8) is 0 Å². The van der Waals surface area contributed by atoms with Crippen molar-refractivity contribution in [2.24, 2.45) is 5.84 Å². The Balaban J connectivity index is 2.06. The second-order valence-corrected chi connectivity index (χ2v) is 6.14. The first-order valence-corrected chi connectivity index (χ1v) is 8.01. The maximum Gasteiger partial charge on any atom is 0.234 e. The average Bonchev–Trinajstić information content (AvgIpc) is 2.51. The fourth-order valence-corrected chi connectivity index (χ4v) is 3.04. The number of carbonyl (C=O) groups is 1. The van der Waals surface area contributed by atoms with Gasteiger partial charge in [-0.15, -0.1) is 0 Å². The molecular formula is C16H15BrClFN2O2. The summed E-state index contributed by atoms with van der Waals surface area (Å²) in [4.78, 5) is 11.2. The number of hydrogen-bond acceptors (Lipinski definition) is 3. The number of nitrogens with two attached hydrogens (primary N) is 1. The van der Waals surface area contributed by atoms with Crippen LogP contribution in [0.15, 0.2) is 40.9 Å². The Morgan fingerprint density at radius 1 is 1.30 bits per heavy atom. The Morgan fingerprint density at radius 3 is 2.74 bits per heavy atom. The largest absolute Gasteiger partial charge is 0.486 e. The van der Waals surface area contributed by atoms with Crippen LogP contribution in [0.3, 0.4) is 0 Å². The molecule has 0 aliphatic heterocycles. The molecule has 1 amide bonds. The van der Waals surface area contributed by atoms with Gasteiger partial charge in [0.2, 0.25) is 5.91 Å². The van der Waals surface area contributed by atoms with E-state index in [9.17, 15) is 9.18 Å². The lowest BCUT2D eigenvalue weighted by Gasteiger charge is -2.12. The summed E-state index contributed by atoms with van der Waals surface area (Å²) < 4.78 is 19.5. The minimum Gasteiger partial charge on any atom is -0.486 e. The van der Waals surface area contributed by atoms with E-state index in [2.05, 4.69) is 21.4 Å². The van der Waals surface area contributed by atoms with E-state index in [0.29, 0.717) is 27.2 Å². The molecule has 0 saturated heterocycles. The Labute approximate surface area is 146 Å². The number of benzene rings is 2. The van der Waals surface area contributed by atoms with Gasteiger partial charge >= 0.3 is 0 Å². The average molecular weight is 402 g/mol. The quantitative estimate of drug-likeness (QED) is 0.440. The van der Waals surface area contributed by atoms with Crippen molar-refractivity contribution in [1.29, 1.82) is 0 Å². The molecule has 4 nitrogen and oxygen atoms in total. The van der Waals surface area contributed by atoms with E-state index in [0.717, 1.165) is 5.56 Å². The van der Waals surface area contributed by atoms with E-state index in [-0.39, 0.29) is 24.8 Å². The van der Waals surface area contributed by atoms with E-state index >= 15 is 0 Å². The number of hydrazine groups is 1. The van der Waals surface area contributed by atoms with Gasteiger partial charge in [-0.05, 0) is 57.7 Å². The van der Waals surface area contributed by atoms with Crippen molar-refractivity contribution in [2.45, 2.75) is 19.4 Å². The fraction of sp³-hybridized carbons (Fsp3) is 0.188. The van der Waals surface area contributed by atoms with Gasteiger partial charge in [-0.1, -0.05) is 23.7 Å². The Hall–Kier alpha value is -1.63. The molecule has 0 aromatic heterocycles. The zero-order chi connectivity index (χ0) is 16.8. The minimum atomic E-state index is -0.315. The Morgan fingerprint density at radius 2 is 2.09 bits per heavy atom. The summed E-state index contributed by atoms with van der Waals surface area (Å²) in [6.45, 7) is 0.199. The SMILES string of the molecule is NNC(=O)CCc1cc(Cl)c(OCc2cccc(F)c2)c(Br)c1. The first-order chi connectivity index (χ1) is 11.0. The van der Waals surface area contributed by atoms with E-state index in [1.54, 1.807) is 18.2 Å². The smallest absolute Gasteiger partial charge is 0.234 e. The van der Waals surface area contributed by atoms with Crippen LogP contribution in [0.5, 0.6) is 5.75 Å². The zero-order valence-electron chi connectivity index (χ0n) is 12.1. The van der Waals surface area contributed by atoms with Crippen molar-refractivity contribution in [3.8, 4) is 5.75 Å². The van der Waals surface area contributed by atoms with Crippen molar-refractivity contribution >= 4 is 33.4 Å². The minimum absolute atomic E-state index is 0.199. The molecule has 0 unspecified atom stereocenters. The molecule has 0 radical (unpaired) electrons. The van der Waals surface area contributed by atoms with Gasteiger partial charge in [-0.2, -0.15) is 0 Å². The molecule has 23 heavy (non-hydrogen) atoms. The second-order valence-electron chi connectivity index (χ2n) is 4.87. The van der Waals surface area contributed by atoms with Crippen molar-refractivity contribution in [3.05, 3.63) is 62.8 Å². The number of halogens is 3. The number of aryl methyl sites for hydroxylation is 1. The van der Waals surface area contributed by atoms with Crippen LogP contribution in [-0.2, 0) is 17.8 Å². The summed E-state index contributed by atoms with van der Waals surface area (Å²) in [5, 5.41) is 0.416. The zero-order valence-corrected chi connectivity index (χ0v) is 14.5. The van der Waals surface area contributed by atoms with Crippen LogP contribution in [0.4, 0.5) is 4.39 Å². The lowest BCUT2D eigenvalue weighted by molar-refractivity contribution is -0.121. The molecular weight excluding hydrogens is 387 g/mol. The van der Waals surface area contributed by atoms with E-state index in [1.807, 2.05) is 6.07 Å². The lowest BCUT2D eigenvalue weighted by Crippen LogP contribution is -2.30. The van der Waals surface area contributed by atoms with Gasteiger partial charge in [0.25, 0.3) is 0 Å². The molecule has 0 atom stereocenters. The van der Waals surface area contributed by atoms with Crippen LogP contribution in [0.2, 0.25) is 5.02 Å². The van der Waals surface area contributed by atoms with Crippen LogP contribution >= 0.6 is 27.5 Å². The van der Waals surface area contributed by atoms with Gasteiger partial charge in [0, 0.05) is 6.42 Å². The Kier molecular flexibility index (Phi) is 6.38. The van der Waals surface area contributed by atoms with Crippen molar-refractivity contribution < 1.29 is 13.9 Å². The maximum absolute atomic E-state index is 13.2. The first-order valence-electron chi connectivity index (χ1n) is 6.84. The highest BCUT2D eigenvalue weighted by Crippen LogP contribution is 2.35. The van der Waals surface area contributed by atoms with Gasteiger partial charge in [0.15, 0.2) is 5.75 Å². The first kappa shape index (κ1) is 17.7. The lowest BCUT2D eigenvalue weighted by atomic mass is 10.1. The highest BCUT2D eigenvalue weighted by Gasteiger charge is 2.11. The molecule has 7 heteroatoms. The van der Waals surface area contributed by atoms with Gasteiger partial charge in [0.1, 0.15) is 12.4 Å². The molecule has 2 aromatic carbocycles. The van der Waals surface area contributed by atoms with Crippen LogP contribution in [-0.4, -0.2) is 5.91 Å². The summed E-state index contributed by atoms with van der Waals surface area (Å²) in [7, 11) is 0. The predicted octanol–water partition coefficient (Wildman–Crippen LogP) is 3.74. The van der Waals surface area contributed by atoms with Crippen molar-refractivity contribution in [2.75, 3.05) is 0 Å². The Bertz CT molecular complexity index is 689. The normalized spacial score (nSPS) is 10.4. The molecule has 2 rings (SSSR count). The molecule has 2 aromatic rings. The highest BCUT2D eigenvalue weighted by atomic mass is 79.9.